The molecule has 0 fully saturated rings. The molecule has 0 unspecified atom stereocenters. The van der Waals surface area contributed by atoms with Gasteiger partial charge in [-0.15, -0.1) is 0 Å². The fourth-order valence-electron chi connectivity index (χ4n) is 1.83. The molecule has 0 spiro atoms. The first-order valence-corrected chi connectivity index (χ1v) is 7.13. The Balaban J connectivity index is 2.33. The quantitative estimate of drug-likeness (QED) is 0.823. The molecule has 1 amide bonds. The Morgan fingerprint density at radius 1 is 1.25 bits per heavy atom. The highest BCUT2D eigenvalue weighted by molar-refractivity contribution is 9.10. The minimum Gasteiger partial charge on any atom is -0.507 e. The maximum Gasteiger partial charge on any atom is 0.257 e. The number of amides is 1. The van der Waals surface area contributed by atoms with Crippen molar-refractivity contribution in [1.82, 2.24) is 0 Å². The van der Waals surface area contributed by atoms with Gasteiger partial charge in [-0.2, -0.15) is 0 Å². The van der Waals surface area contributed by atoms with Gasteiger partial charge < -0.3 is 10.4 Å². The SMILES string of the molecule is Cc1ccc(NC(=O)c2cc(Br)ccc2Cl)c(C)c1O. The molecular formula is C15H13BrClNO2. The Hall–Kier alpha value is -1.52. The van der Waals surface area contributed by atoms with Crippen LogP contribution in [0.1, 0.15) is 21.5 Å². The average molecular weight is 355 g/mol. The molecule has 0 saturated carbocycles. The summed E-state index contributed by atoms with van der Waals surface area (Å²) in [7, 11) is 0. The highest BCUT2D eigenvalue weighted by Crippen LogP contribution is 2.29. The van der Waals surface area contributed by atoms with E-state index in [1.165, 1.54) is 0 Å². The van der Waals surface area contributed by atoms with Crippen LogP contribution in [0.5, 0.6) is 5.75 Å². The van der Waals surface area contributed by atoms with Crippen molar-refractivity contribution in [1.29, 1.82) is 0 Å². The summed E-state index contributed by atoms with van der Waals surface area (Å²) in [5.41, 5.74) is 2.33. The van der Waals surface area contributed by atoms with E-state index >= 15 is 0 Å². The summed E-state index contributed by atoms with van der Waals surface area (Å²) in [4.78, 5) is 12.2. The minimum absolute atomic E-state index is 0.183. The molecule has 5 heteroatoms. The topological polar surface area (TPSA) is 49.3 Å². The number of aryl methyl sites for hydroxylation is 1. The number of nitrogens with one attached hydrogen (secondary N) is 1. The van der Waals surface area contributed by atoms with E-state index in [1.807, 2.05) is 0 Å². The Kier molecular flexibility index (Phi) is 4.35. The van der Waals surface area contributed by atoms with Crippen LogP contribution in [0, 0.1) is 13.8 Å². The molecule has 0 bridgehead atoms. The van der Waals surface area contributed by atoms with E-state index in [1.54, 1.807) is 44.2 Å². The summed E-state index contributed by atoms with van der Waals surface area (Å²) in [6.07, 6.45) is 0. The van der Waals surface area contributed by atoms with Crippen LogP contribution in [-0.2, 0) is 0 Å². The number of carbonyl (C=O) groups is 1. The van der Waals surface area contributed by atoms with Gasteiger partial charge in [0.25, 0.3) is 5.91 Å². The number of anilines is 1. The van der Waals surface area contributed by atoms with E-state index in [4.69, 9.17) is 11.6 Å². The molecule has 104 valence electrons. The standard InChI is InChI=1S/C15H13BrClNO2/c1-8-3-6-13(9(2)14(8)19)18-15(20)11-7-10(16)4-5-12(11)17/h3-7,19H,1-2H3,(H,18,20). The Morgan fingerprint density at radius 3 is 2.65 bits per heavy atom. The molecule has 0 aromatic heterocycles. The number of aromatic hydroxyl groups is 1. The molecule has 0 saturated heterocycles. The van der Waals surface area contributed by atoms with E-state index in [9.17, 15) is 9.90 Å². The summed E-state index contributed by atoms with van der Waals surface area (Å²) in [5.74, 6) is -0.134. The third-order valence-electron chi connectivity index (χ3n) is 3.05. The third kappa shape index (κ3) is 2.97. The van der Waals surface area contributed by atoms with Gasteiger partial charge in [-0.3, -0.25) is 4.79 Å². The number of carbonyl (C=O) groups excluding carboxylic acids is 1. The van der Waals surface area contributed by atoms with Crippen molar-refractivity contribution in [2.24, 2.45) is 0 Å². The van der Waals surface area contributed by atoms with E-state index in [0.717, 1.165) is 10.0 Å². The molecule has 0 aliphatic heterocycles. The first kappa shape index (κ1) is 14.9. The van der Waals surface area contributed by atoms with E-state index in [-0.39, 0.29) is 11.7 Å². The zero-order valence-electron chi connectivity index (χ0n) is 11.0. The van der Waals surface area contributed by atoms with Gasteiger partial charge >= 0.3 is 0 Å². The number of rotatable bonds is 2. The molecule has 0 heterocycles. The number of halogens is 2. The van der Waals surface area contributed by atoms with Crippen molar-refractivity contribution in [3.05, 3.63) is 56.5 Å². The predicted octanol–water partition coefficient (Wildman–Crippen LogP) is 4.68. The van der Waals surface area contributed by atoms with Gasteiger partial charge in [-0.1, -0.05) is 33.6 Å². The molecule has 20 heavy (non-hydrogen) atoms. The van der Waals surface area contributed by atoms with Crippen LogP contribution < -0.4 is 5.32 Å². The second-order valence-corrected chi connectivity index (χ2v) is 5.80. The molecular weight excluding hydrogens is 342 g/mol. The van der Waals surface area contributed by atoms with Crippen LogP contribution in [0.3, 0.4) is 0 Å². The van der Waals surface area contributed by atoms with Gasteiger partial charge in [-0.25, -0.2) is 0 Å². The van der Waals surface area contributed by atoms with E-state index in [2.05, 4.69) is 21.2 Å². The summed E-state index contributed by atoms with van der Waals surface area (Å²) in [6, 6.07) is 8.58. The van der Waals surface area contributed by atoms with E-state index in [0.29, 0.717) is 21.8 Å². The lowest BCUT2D eigenvalue weighted by atomic mass is 10.1. The van der Waals surface area contributed by atoms with Gasteiger partial charge in [-0.05, 0) is 43.7 Å². The number of hydrogen-bond donors (Lipinski definition) is 2. The maximum atomic E-state index is 12.2. The summed E-state index contributed by atoms with van der Waals surface area (Å²) in [6.45, 7) is 3.56. The van der Waals surface area contributed by atoms with Crippen LogP contribution >= 0.6 is 27.5 Å². The summed E-state index contributed by atoms with van der Waals surface area (Å²) in [5, 5.41) is 13.0. The number of hydrogen-bond acceptors (Lipinski definition) is 2. The largest absolute Gasteiger partial charge is 0.507 e. The first-order valence-electron chi connectivity index (χ1n) is 5.95. The van der Waals surface area contributed by atoms with Crippen LogP contribution in [0.25, 0.3) is 0 Å². The molecule has 0 aliphatic carbocycles. The molecule has 0 radical (unpaired) electrons. The van der Waals surface area contributed by atoms with Gasteiger partial charge in [0.05, 0.1) is 10.6 Å². The molecule has 2 aromatic carbocycles. The van der Waals surface area contributed by atoms with Crippen molar-refractivity contribution < 1.29 is 9.90 Å². The van der Waals surface area contributed by atoms with Crippen LogP contribution in [0.15, 0.2) is 34.8 Å². The first-order chi connectivity index (χ1) is 9.40. The zero-order valence-corrected chi connectivity index (χ0v) is 13.3. The highest BCUT2D eigenvalue weighted by Gasteiger charge is 2.14. The third-order valence-corrected chi connectivity index (χ3v) is 3.88. The van der Waals surface area contributed by atoms with Gasteiger partial charge in [0, 0.05) is 15.7 Å². The maximum absolute atomic E-state index is 12.2. The number of phenolic OH excluding ortho intramolecular Hbond substituents is 1. The Bertz CT molecular complexity index is 686. The van der Waals surface area contributed by atoms with Crippen molar-refractivity contribution >= 4 is 39.1 Å². The summed E-state index contributed by atoms with van der Waals surface area (Å²) < 4.78 is 0.774. The number of benzene rings is 2. The second-order valence-electron chi connectivity index (χ2n) is 4.48. The van der Waals surface area contributed by atoms with Gasteiger partial charge in [0.2, 0.25) is 0 Å². The highest BCUT2D eigenvalue weighted by atomic mass is 79.9. The van der Waals surface area contributed by atoms with Crippen molar-refractivity contribution in [2.75, 3.05) is 5.32 Å². The molecule has 3 nitrogen and oxygen atoms in total. The fraction of sp³-hybridized carbons (Fsp3) is 0.133. The molecule has 2 aromatic rings. The van der Waals surface area contributed by atoms with Crippen molar-refractivity contribution in [3.63, 3.8) is 0 Å². The lowest BCUT2D eigenvalue weighted by Crippen LogP contribution is -2.13. The fourth-order valence-corrected chi connectivity index (χ4v) is 2.40. The molecule has 2 rings (SSSR count). The van der Waals surface area contributed by atoms with Crippen molar-refractivity contribution in [2.45, 2.75) is 13.8 Å². The summed E-state index contributed by atoms with van der Waals surface area (Å²) >= 11 is 9.33. The Labute approximate surface area is 130 Å². The van der Waals surface area contributed by atoms with E-state index < -0.39 is 0 Å². The van der Waals surface area contributed by atoms with Crippen LogP contribution in [0.4, 0.5) is 5.69 Å². The lowest BCUT2D eigenvalue weighted by Gasteiger charge is -2.12. The Morgan fingerprint density at radius 2 is 1.95 bits per heavy atom. The molecule has 0 aliphatic rings. The monoisotopic (exact) mass is 353 g/mol. The van der Waals surface area contributed by atoms with Crippen LogP contribution in [0.2, 0.25) is 5.02 Å². The second kappa shape index (κ2) is 5.85. The normalized spacial score (nSPS) is 10.4. The van der Waals surface area contributed by atoms with Gasteiger partial charge in [0.1, 0.15) is 5.75 Å². The van der Waals surface area contributed by atoms with Gasteiger partial charge in [0.15, 0.2) is 0 Å². The predicted molar refractivity (Wildman–Crippen MR) is 84.7 cm³/mol. The van der Waals surface area contributed by atoms with Crippen LogP contribution in [-0.4, -0.2) is 11.0 Å². The minimum atomic E-state index is -0.317. The smallest absolute Gasteiger partial charge is 0.257 e. The zero-order chi connectivity index (χ0) is 14.9. The molecule has 0 atom stereocenters. The molecule has 2 N–H and O–H groups in total. The lowest BCUT2D eigenvalue weighted by molar-refractivity contribution is 0.102. The number of phenols is 1. The average Bonchev–Trinajstić information content (AvgIpc) is 2.42. The van der Waals surface area contributed by atoms with Crippen molar-refractivity contribution in [3.8, 4) is 5.75 Å².